The van der Waals surface area contributed by atoms with Gasteiger partial charge in [-0.1, -0.05) is 0 Å². The van der Waals surface area contributed by atoms with Crippen molar-refractivity contribution >= 4 is 21.7 Å². The number of carbonyl (C=O) groups excluding carboxylic acids is 1. The minimum absolute atomic E-state index is 0.0342. The summed E-state index contributed by atoms with van der Waals surface area (Å²) in [4.78, 5) is 42.4. The number of nitrogens with zero attached hydrogens (tertiary/aromatic N) is 5. The van der Waals surface area contributed by atoms with Gasteiger partial charge < -0.3 is 29.2 Å². The van der Waals surface area contributed by atoms with Crippen molar-refractivity contribution in [2.45, 2.75) is 76.5 Å². The van der Waals surface area contributed by atoms with Crippen LogP contribution in [-0.4, -0.2) is 103 Å². The van der Waals surface area contributed by atoms with E-state index >= 15 is 0 Å². The van der Waals surface area contributed by atoms with E-state index < -0.39 is 15.8 Å². The number of benzene rings is 1. The van der Waals surface area contributed by atoms with Crippen molar-refractivity contribution in [1.82, 2.24) is 29.5 Å². The van der Waals surface area contributed by atoms with E-state index in [0.29, 0.717) is 36.7 Å². The molecule has 0 saturated carbocycles. The number of aromatic amines is 1. The topological polar surface area (TPSA) is 150 Å². The Morgan fingerprint density at radius 3 is 2.62 bits per heavy atom. The van der Waals surface area contributed by atoms with Gasteiger partial charge in [0.1, 0.15) is 17.9 Å². The molecule has 3 fully saturated rings. The number of carbonyl (C=O) groups is 1. The van der Waals surface area contributed by atoms with Gasteiger partial charge in [-0.05, 0) is 90.7 Å². The van der Waals surface area contributed by atoms with Crippen molar-refractivity contribution in [2.24, 2.45) is 5.41 Å². The van der Waals surface area contributed by atoms with Crippen LogP contribution in [0.4, 0.5) is 10.2 Å². The molecule has 270 valence electrons. The lowest BCUT2D eigenvalue weighted by atomic mass is 9.72. The monoisotopic (exact) mass is 711 g/mol. The zero-order valence-electron chi connectivity index (χ0n) is 29.0. The highest BCUT2D eigenvalue weighted by atomic mass is 32.2. The molecule has 15 heteroatoms. The van der Waals surface area contributed by atoms with E-state index in [1.54, 1.807) is 18.0 Å². The summed E-state index contributed by atoms with van der Waals surface area (Å²) in [5.74, 6) is 0.501. The molecule has 2 aromatic heterocycles. The third kappa shape index (κ3) is 7.85. The molecule has 0 bridgehead atoms. The van der Waals surface area contributed by atoms with Gasteiger partial charge in [0.25, 0.3) is 11.5 Å². The Hall–Kier alpha value is -3.92. The predicted molar refractivity (Wildman–Crippen MR) is 186 cm³/mol. The largest absolute Gasteiger partial charge is 0.451 e. The molecule has 1 spiro atoms. The molecule has 50 heavy (non-hydrogen) atoms. The maximum atomic E-state index is 14.3. The van der Waals surface area contributed by atoms with Gasteiger partial charge in [-0.15, -0.1) is 0 Å². The van der Waals surface area contributed by atoms with E-state index in [-0.39, 0.29) is 51.3 Å². The molecule has 1 aromatic carbocycles. The molecule has 3 aromatic rings. The summed E-state index contributed by atoms with van der Waals surface area (Å²) in [5, 5.41) is 0. The van der Waals surface area contributed by atoms with Crippen LogP contribution in [0.3, 0.4) is 0 Å². The number of H-pyrrole nitrogens is 1. The molecule has 1 amide bonds. The molecule has 3 aliphatic rings. The fourth-order valence-corrected chi connectivity index (χ4v) is 8.49. The van der Waals surface area contributed by atoms with Crippen LogP contribution in [0.5, 0.6) is 11.5 Å². The van der Waals surface area contributed by atoms with E-state index in [4.69, 9.17) is 9.47 Å². The number of aryl methyl sites for hydroxylation is 1. The summed E-state index contributed by atoms with van der Waals surface area (Å²) in [6, 6.07) is 4.97. The first kappa shape index (κ1) is 35.9. The average Bonchev–Trinajstić information content (AvgIpc) is 3.07. The zero-order valence-corrected chi connectivity index (χ0v) is 29.8. The van der Waals surface area contributed by atoms with Gasteiger partial charge in [-0.25, -0.2) is 27.5 Å². The summed E-state index contributed by atoms with van der Waals surface area (Å²) in [6.45, 7) is 12.4. The Morgan fingerprint density at radius 1 is 1.20 bits per heavy atom. The number of amides is 1. The second-order valence-electron chi connectivity index (χ2n) is 14.0. The molecule has 0 aliphatic carbocycles. The lowest BCUT2D eigenvalue weighted by Crippen LogP contribution is -2.61. The fourth-order valence-electron chi connectivity index (χ4n) is 7.18. The molecular weight excluding hydrogens is 665 g/mol. The first-order valence-electron chi connectivity index (χ1n) is 17.3. The zero-order chi connectivity index (χ0) is 35.6. The quantitative estimate of drug-likeness (QED) is 0.302. The third-order valence-corrected chi connectivity index (χ3v) is 11.6. The second kappa shape index (κ2) is 14.7. The summed E-state index contributed by atoms with van der Waals surface area (Å²) < 4.78 is 55.0. The highest BCUT2D eigenvalue weighted by Crippen LogP contribution is 2.45. The van der Waals surface area contributed by atoms with Crippen LogP contribution in [-0.2, 0) is 14.8 Å². The first-order valence-corrected chi connectivity index (χ1v) is 18.7. The van der Waals surface area contributed by atoms with Crippen LogP contribution in [0.25, 0.3) is 0 Å². The molecule has 3 saturated heterocycles. The molecule has 2 atom stereocenters. The van der Waals surface area contributed by atoms with E-state index in [0.717, 1.165) is 52.0 Å². The Balaban J connectivity index is 0.997. The number of anilines is 1. The van der Waals surface area contributed by atoms with Crippen LogP contribution >= 0.6 is 0 Å². The Kier molecular flexibility index (Phi) is 10.6. The Bertz CT molecular complexity index is 1850. The van der Waals surface area contributed by atoms with E-state index in [1.165, 1.54) is 36.8 Å². The molecular formula is C35H46FN7O6S. The van der Waals surface area contributed by atoms with E-state index in [1.807, 2.05) is 20.8 Å². The number of likely N-dealkylation sites (tertiary alicyclic amines) is 1. The van der Waals surface area contributed by atoms with Gasteiger partial charge in [0.2, 0.25) is 10.0 Å². The molecule has 0 unspecified atom stereocenters. The smallest absolute Gasteiger partial charge is 0.257 e. The van der Waals surface area contributed by atoms with Crippen LogP contribution in [0.15, 0.2) is 52.7 Å². The van der Waals surface area contributed by atoms with Gasteiger partial charge >= 0.3 is 0 Å². The number of pyridine rings is 1. The Morgan fingerprint density at radius 2 is 1.96 bits per heavy atom. The van der Waals surface area contributed by atoms with Gasteiger partial charge in [0, 0.05) is 55.4 Å². The lowest BCUT2D eigenvalue weighted by molar-refractivity contribution is -0.0299. The lowest BCUT2D eigenvalue weighted by Gasteiger charge is -2.54. The van der Waals surface area contributed by atoms with Gasteiger partial charge in [-0.3, -0.25) is 9.59 Å². The van der Waals surface area contributed by atoms with E-state index in [9.17, 15) is 22.4 Å². The second-order valence-corrected chi connectivity index (χ2v) is 15.7. The van der Waals surface area contributed by atoms with Crippen LogP contribution in [0.2, 0.25) is 0 Å². The first-order chi connectivity index (χ1) is 23.9. The summed E-state index contributed by atoms with van der Waals surface area (Å²) in [6.07, 6.45) is 7.78. The highest BCUT2D eigenvalue weighted by Gasteiger charge is 2.46. The number of rotatable bonds is 11. The standard InChI is InChI=1S/C35H46FN7O6S/c1-5-43(23(2)3)34(45)29-15-25(36)6-9-30(29)49-31-17-37-22-39-32(31)42-20-35(21-42)10-12-41(13-11-35)18-27-8-7-26(19-48-27)40-50(46,47)28-14-24(4)33(44)38-16-28/h6,9,14-17,22-23,26-27,40H,5,7-8,10-13,18-21H2,1-4H3,(H,38,44)/t26-,27+/m1/s1. The van der Waals surface area contributed by atoms with Gasteiger partial charge in [0.15, 0.2) is 11.6 Å². The van der Waals surface area contributed by atoms with Crippen molar-refractivity contribution in [1.29, 1.82) is 0 Å². The summed E-state index contributed by atoms with van der Waals surface area (Å²) in [5.41, 5.74) is 0.343. The van der Waals surface area contributed by atoms with E-state index in [2.05, 4.69) is 29.5 Å². The maximum Gasteiger partial charge on any atom is 0.257 e. The van der Waals surface area contributed by atoms with Crippen molar-refractivity contribution in [3.05, 3.63) is 70.3 Å². The third-order valence-electron chi connectivity index (χ3n) is 10.1. The average molecular weight is 712 g/mol. The summed E-state index contributed by atoms with van der Waals surface area (Å²) >= 11 is 0. The number of hydrogen-bond acceptors (Lipinski definition) is 10. The van der Waals surface area contributed by atoms with Gasteiger partial charge in [0.05, 0.1) is 29.4 Å². The molecule has 5 heterocycles. The SMILES string of the molecule is CCN(C(=O)c1cc(F)ccc1Oc1cncnc1N1CC2(CCN(C[C@@H]3CC[C@@H](NS(=O)(=O)c4c[nH]c(=O)c(C)c4)CO3)CC2)C1)C(C)C. The fraction of sp³-hybridized carbons (Fsp3) is 0.543. The van der Waals surface area contributed by atoms with Crippen molar-refractivity contribution in [3.8, 4) is 11.5 Å². The number of halogens is 1. The van der Waals surface area contributed by atoms with Crippen LogP contribution in [0, 0.1) is 18.2 Å². The normalized spacial score (nSPS) is 20.9. The summed E-state index contributed by atoms with van der Waals surface area (Å²) in [7, 11) is -3.77. The number of aromatic nitrogens is 3. The number of ether oxygens (including phenoxy) is 2. The van der Waals surface area contributed by atoms with Crippen LogP contribution < -0.4 is 19.9 Å². The number of piperidine rings is 1. The Labute approximate surface area is 292 Å². The predicted octanol–water partition coefficient (Wildman–Crippen LogP) is 3.70. The maximum absolute atomic E-state index is 14.3. The molecule has 6 rings (SSSR count). The minimum atomic E-state index is -3.77. The van der Waals surface area contributed by atoms with Crippen molar-refractivity contribution < 1.29 is 27.1 Å². The minimum Gasteiger partial charge on any atom is -0.451 e. The number of hydrogen-bond donors (Lipinski definition) is 2. The van der Waals surface area contributed by atoms with Gasteiger partial charge in [-0.2, -0.15) is 0 Å². The number of sulfonamides is 1. The molecule has 0 radical (unpaired) electrons. The molecule has 2 N–H and O–H groups in total. The number of nitrogens with one attached hydrogen (secondary N) is 2. The van der Waals surface area contributed by atoms with Crippen LogP contribution in [0.1, 0.15) is 62.4 Å². The van der Waals surface area contributed by atoms with Crippen molar-refractivity contribution in [2.75, 3.05) is 50.8 Å². The highest BCUT2D eigenvalue weighted by molar-refractivity contribution is 7.89. The molecule has 3 aliphatic heterocycles. The van der Waals surface area contributed by atoms with Crippen molar-refractivity contribution in [3.63, 3.8) is 0 Å². The molecule has 13 nitrogen and oxygen atoms in total.